The number of benzene rings is 1. The maximum absolute atomic E-state index is 5.79. The molecule has 0 aromatic heterocycles. The summed E-state index contributed by atoms with van der Waals surface area (Å²) in [5.74, 6) is 1.90. The average molecular weight is 217 g/mol. The number of fused-ring (bicyclic) bond motifs is 1. The summed E-state index contributed by atoms with van der Waals surface area (Å²) < 4.78 is 5.79. The topological polar surface area (TPSA) is 21.3 Å². The van der Waals surface area contributed by atoms with Gasteiger partial charge in [0, 0.05) is 12.5 Å². The van der Waals surface area contributed by atoms with Gasteiger partial charge in [0.15, 0.2) is 0 Å². The van der Waals surface area contributed by atoms with E-state index in [1.807, 2.05) is 0 Å². The molecule has 1 N–H and O–H groups in total. The van der Waals surface area contributed by atoms with E-state index in [0.717, 1.165) is 13.0 Å². The van der Waals surface area contributed by atoms with Gasteiger partial charge in [0.1, 0.15) is 5.75 Å². The maximum atomic E-state index is 5.79. The summed E-state index contributed by atoms with van der Waals surface area (Å²) in [7, 11) is 2.07. The standard InChI is InChI=1S/C14H19NO/c1-15-12-6-5-11(9-12)13-4-2-3-10-7-8-16-14(10)13/h2-4,11-12,15H,5-9H2,1H3. The Morgan fingerprint density at radius 2 is 2.25 bits per heavy atom. The summed E-state index contributed by atoms with van der Waals surface area (Å²) in [6.45, 7) is 0.870. The minimum absolute atomic E-state index is 0.697. The van der Waals surface area contributed by atoms with Crippen LogP contribution in [0.1, 0.15) is 36.3 Å². The molecule has 1 aromatic rings. The van der Waals surface area contributed by atoms with Crippen molar-refractivity contribution < 1.29 is 4.74 Å². The van der Waals surface area contributed by atoms with Gasteiger partial charge < -0.3 is 10.1 Å². The third-order valence-electron chi connectivity index (χ3n) is 4.03. The summed E-state index contributed by atoms with van der Waals surface area (Å²) in [6, 6.07) is 7.35. The normalized spacial score (nSPS) is 27.8. The molecule has 2 nitrogen and oxygen atoms in total. The van der Waals surface area contributed by atoms with E-state index in [2.05, 4.69) is 30.6 Å². The van der Waals surface area contributed by atoms with E-state index in [9.17, 15) is 0 Å². The fourth-order valence-corrected chi connectivity index (χ4v) is 3.09. The van der Waals surface area contributed by atoms with Gasteiger partial charge in [-0.3, -0.25) is 0 Å². The van der Waals surface area contributed by atoms with Crippen LogP contribution in [0.2, 0.25) is 0 Å². The highest BCUT2D eigenvalue weighted by atomic mass is 16.5. The number of rotatable bonds is 2. The van der Waals surface area contributed by atoms with Crippen LogP contribution < -0.4 is 10.1 Å². The van der Waals surface area contributed by atoms with Crippen LogP contribution in [0, 0.1) is 0 Å². The molecule has 2 unspecified atom stereocenters. The van der Waals surface area contributed by atoms with E-state index in [-0.39, 0.29) is 0 Å². The highest BCUT2D eigenvalue weighted by Crippen LogP contribution is 2.41. The fourth-order valence-electron chi connectivity index (χ4n) is 3.09. The summed E-state index contributed by atoms with van der Waals surface area (Å²) in [6.07, 6.45) is 4.94. The molecule has 1 aliphatic carbocycles. The third kappa shape index (κ3) is 1.61. The first kappa shape index (κ1) is 10.2. The minimum Gasteiger partial charge on any atom is -0.493 e. The first-order chi connectivity index (χ1) is 7.88. The molecule has 0 radical (unpaired) electrons. The van der Waals surface area contributed by atoms with Gasteiger partial charge in [-0.15, -0.1) is 0 Å². The lowest BCUT2D eigenvalue weighted by atomic mass is 9.94. The molecule has 1 heterocycles. The molecule has 1 aromatic carbocycles. The van der Waals surface area contributed by atoms with Gasteiger partial charge in [-0.05, 0) is 43.4 Å². The predicted molar refractivity (Wildman–Crippen MR) is 65.1 cm³/mol. The van der Waals surface area contributed by atoms with Gasteiger partial charge in [-0.2, -0.15) is 0 Å². The number of hydrogen-bond donors (Lipinski definition) is 1. The second kappa shape index (κ2) is 4.10. The van der Waals surface area contributed by atoms with Crippen LogP contribution in [-0.2, 0) is 6.42 Å². The molecular weight excluding hydrogens is 198 g/mol. The van der Waals surface area contributed by atoms with Crippen LogP contribution in [0.4, 0.5) is 0 Å². The molecular formula is C14H19NO. The lowest BCUT2D eigenvalue weighted by Gasteiger charge is -2.14. The highest BCUT2D eigenvalue weighted by molar-refractivity contribution is 5.46. The molecule has 0 amide bonds. The molecule has 86 valence electrons. The van der Waals surface area contributed by atoms with E-state index >= 15 is 0 Å². The van der Waals surface area contributed by atoms with Crippen molar-refractivity contribution in [2.45, 2.75) is 37.6 Å². The zero-order valence-electron chi connectivity index (χ0n) is 9.83. The molecule has 0 saturated heterocycles. The second-order valence-electron chi connectivity index (χ2n) is 4.93. The number of nitrogens with one attached hydrogen (secondary N) is 1. The van der Waals surface area contributed by atoms with Gasteiger partial charge >= 0.3 is 0 Å². The van der Waals surface area contributed by atoms with Crippen LogP contribution in [0.5, 0.6) is 5.75 Å². The van der Waals surface area contributed by atoms with Gasteiger partial charge in [0.05, 0.1) is 6.61 Å². The Morgan fingerprint density at radius 1 is 1.31 bits per heavy atom. The Hall–Kier alpha value is -1.02. The van der Waals surface area contributed by atoms with E-state index in [1.54, 1.807) is 0 Å². The smallest absolute Gasteiger partial charge is 0.126 e. The SMILES string of the molecule is CNC1CCC(c2cccc3c2OCC3)C1. The molecule has 3 rings (SSSR count). The van der Waals surface area contributed by atoms with E-state index in [4.69, 9.17) is 4.74 Å². The molecule has 2 atom stereocenters. The van der Waals surface area contributed by atoms with Crippen LogP contribution in [0.3, 0.4) is 0 Å². The summed E-state index contributed by atoms with van der Waals surface area (Å²) >= 11 is 0. The molecule has 0 spiro atoms. The van der Waals surface area contributed by atoms with Crippen molar-refractivity contribution in [1.82, 2.24) is 5.32 Å². The summed E-state index contributed by atoms with van der Waals surface area (Å²) in [5, 5.41) is 3.39. The number of ether oxygens (including phenoxy) is 1. The molecule has 2 aliphatic rings. The molecule has 1 saturated carbocycles. The second-order valence-corrected chi connectivity index (χ2v) is 4.93. The fraction of sp³-hybridized carbons (Fsp3) is 0.571. The summed E-state index contributed by atoms with van der Waals surface area (Å²) in [4.78, 5) is 0. The maximum Gasteiger partial charge on any atom is 0.126 e. The van der Waals surface area contributed by atoms with Crippen molar-refractivity contribution in [2.24, 2.45) is 0 Å². The van der Waals surface area contributed by atoms with Crippen LogP contribution >= 0.6 is 0 Å². The predicted octanol–water partition coefficient (Wildman–Crippen LogP) is 2.48. The average Bonchev–Trinajstić information content (AvgIpc) is 2.97. The molecule has 0 bridgehead atoms. The van der Waals surface area contributed by atoms with Gasteiger partial charge in [-0.25, -0.2) is 0 Å². The van der Waals surface area contributed by atoms with E-state index < -0.39 is 0 Å². The van der Waals surface area contributed by atoms with Crippen LogP contribution in [0.25, 0.3) is 0 Å². The third-order valence-corrected chi connectivity index (χ3v) is 4.03. The van der Waals surface area contributed by atoms with Crippen molar-refractivity contribution in [2.75, 3.05) is 13.7 Å². The summed E-state index contributed by atoms with van der Waals surface area (Å²) in [5.41, 5.74) is 2.86. The van der Waals surface area contributed by atoms with Crippen LogP contribution in [-0.4, -0.2) is 19.7 Å². The highest BCUT2D eigenvalue weighted by Gasteiger charge is 2.28. The van der Waals surface area contributed by atoms with Crippen molar-refractivity contribution in [1.29, 1.82) is 0 Å². The first-order valence-corrected chi connectivity index (χ1v) is 6.30. The lowest BCUT2D eigenvalue weighted by Crippen LogP contribution is -2.21. The Labute approximate surface area is 97.0 Å². The largest absolute Gasteiger partial charge is 0.493 e. The number of para-hydroxylation sites is 1. The van der Waals surface area contributed by atoms with Crippen LogP contribution in [0.15, 0.2) is 18.2 Å². The van der Waals surface area contributed by atoms with E-state index in [0.29, 0.717) is 12.0 Å². The van der Waals surface area contributed by atoms with Crippen molar-refractivity contribution in [3.05, 3.63) is 29.3 Å². The van der Waals surface area contributed by atoms with Crippen molar-refractivity contribution in [3.63, 3.8) is 0 Å². The molecule has 1 fully saturated rings. The Balaban J connectivity index is 1.87. The molecule has 16 heavy (non-hydrogen) atoms. The van der Waals surface area contributed by atoms with Gasteiger partial charge in [-0.1, -0.05) is 18.2 Å². The Bertz CT molecular complexity index is 388. The first-order valence-electron chi connectivity index (χ1n) is 6.30. The lowest BCUT2D eigenvalue weighted by molar-refractivity contribution is 0.351. The quantitative estimate of drug-likeness (QED) is 0.821. The zero-order valence-corrected chi connectivity index (χ0v) is 9.83. The Morgan fingerprint density at radius 3 is 3.06 bits per heavy atom. The Kier molecular flexibility index (Phi) is 2.60. The van der Waals surface area contributed by atoms with Crippen molar-refractivity contribution >= 4 is 0 Å². The number of hydrogen-bond acceptors (Lipinski definition) is 2. The molecule has 1 aliphatic heterocycles. The monoisotopic (exact) mass is 217 g/mol. The molecule has 2 heteroatoms. The minimum atomic E-state index is 0.697. The van der Waals surface area contributed by atoms with Gasteiger partial charge in [0.2, 0.25) is 0 Å². The zero-order chi connectivity index (χ0) is 11.0. The van der Waals surface area contributed by atoms with Gasteiger partial charge in [0.25, 0.3) is 0 Å². The van der Waals surface area contributed by atoms with E-state index in [1.165, 1.54) is 36.1 Å². The van der Waals surface area contributed by atoms with Crippen molar-refractivity contribution in [3.8, 4) is 5.75 Å².